The molecule has 0 saturated heterocycles. The maximum absolute atomic E-state index is 12.5. The van der Waals surface area contributed by atoms with E-state index in [9.17, 15) is 9.59 Å². The lowest BCUT2D eigenvalue weighted by Crippen LogP contribution is -2.18. The van der Waals surface area contributed by atoms with Crippen LogP contribution in [0.5, 0.6) is 5.75 Å². The lowest BCUT2D eigenvalue weighted by molar-refractivity contribution is 0.101. The molecule has 1 aromatic heterocycles. The fourth-order valence-electron chi connectivity index (χ4n) is 2.49. The molecule has 0 aliphatic carbocycles. The molecule has 2 aromatic carbocycles. The van der Waals surface area contributed by atoms with Gasteiger partial charge in [-0.1, -0.05) is 24.3 Å². The number of amides is 2. The van der Waals surface area contributed by atoms with Crippen LogP contribution in [0, 0.1) is 0 Å². The van der Waals surface area contributed by atoms with Gasteiger partial charge in [0.15, 0.2) is 0 Å². The van der Waals surface area contributed by atoms with E-state index in [4.69, 9.17) is 4.74 Å². The fourth-order valence-corrected chi connectivity index (χ4v) is 2.49. The zero-order valence-corrected chi connectivity index (χ0v) is 15.7. The number of hydrogen-bond donors (Lipinski definition) is 2. The minimum atomic E-state index is -0.396. The molecule has 142 valence electrons. The quantitative estimate of drug-likeness (QED) is 0.670. The van der Waals surface area contributed by atoms with Crippen LogP contribution in [-0.2, 0) is 0 Å². The molecule has 6 heteroatoms. The molecule has 3 aromatic rings. The van der Waals surface area contributed by atoms with E-state index in [0.717, 1.165) is 5.75 Å². The van der Waals surface area contributed by atoms with E-state index in [1.54, 1.807) is 54.6 Å². The predicted molar refractivity (Wildman–Crippen MR) is 109 cm³/mol. The van der Waals surface area contributed by atoms with Gasteiger partial charge in [0.05, 0.1) is 6.10 Å². The minimum absolute atomic E-state index is 0.0782. The summed E-state index contributed by atoms with van der Waals surface area (Å²) >= 11 is 0. The second-order valence-electron chi connectivity index (χ2n) is 6.37. The van der Waals surface area contributed by atoms with E-state index in [1.807, 2.05) is 32.0 Å². The maximum Gasteiger partial charge on any atom is 0.274 e. The van der Waals surface area contributed by atoms with Gasteiger partial charge < -0.3 is 15.4 Å². The number of nitrogens with zero attached hydrogens (tertiary/aromatic N) is 1. The molecule has 1 heterocycles. The van der Waals surface area contributed by atoms with Gasteiger partial charge in [0.25, 0.3) is 11.8 Å². The van der Waals surface area contributed by atoms with Crippen LogP contribution in [0.4, 0.5) is 11.4 Å². The van der Waals surface area contributed by atoms with Crippen LogP contribution in [0.2, 0.25) is 0 Å². The molecule has 0 atom stereocenters. The highest BCUT2D eigenvalue weighted by Crippen LogP contribution is 2.17. The summed E-state index contributed by atoms with van der Waals surface area (Å²) in [6.07, 6.45) is 0.0782. The number of pyridine rings is 1. The van der Waals surface area contributed by atoms with Crippen molar-refractivity contribution in [3.05, 3.63) is 84.2 Å². The average Bonchev–Trinajstić information content (AvgIpc) is 2.70. The first-order valence-corrected chi connectivity index (χ1v) is 8.93. The van der Waals surface area contributed by atoms with E-state index in [1.165, 1.54) is 0 Å². The summed E-state index contributed by atoms with van der Waals surface area (Å²) in [5.41, 5.74) is 1.59. The Labute approximate surface area is 163 Å². The van der Waals surface area contributed by atoms with Gasteiger partial charge in [-0.3, -0.25) is 9.59 Å². The highest BCUT2D eigenvalue weighted by Gasteiger charge is 2.13. The first kappa shape index (κ1) is 19.1. The number of ether oxygens (including phenoxy) is 1. The second-order valence-corrected chi connectivity index (χ2v) is 6.37. The van der Waals surface area contributed by atoms with Gasteiger partial charge in [0.1, 0.15) is 17.1 Å². The molecule has 0 fully saturated rings. The number of anilines is 2. The summed E-state index contributed by atoms with van der Waals surface area (Å²) < 4.78 is 5.58. The Morgan fingerprint density at radius 3 is 1.82 bits per heavy atom. The van der Waals surface area contributed by atoms with Crippen molar-refractivity contribution in [2.24, 2.45) is 0 Å². The van der Waals surface area contributed by atoms with E-state index in [2.05, 4.69) is 15.6 Å². The van der Waals surface area contributed by atoms with Gasteiger partial charge in [-0.05, 0) is 62.4 Å². The van der Waals surface area contributed by atoms with Crippen LogP contribution in [0.25, 0.3) is 0 Å². The zero-order chi connectivity index (χ0) is 19.9. The van der Waals surface area contributed by atoms with Crippen molar-refractivity contribution in [1.29, 1.82) is 0 Å². The van der Waals surface area contributed by atoms with Crippen LogP contribution in [0.3, 0.4) is 0 Å². The maximum atomic E-state index is 12.5. The summed E-state index contributed by atoms with van der Waals surface area (Å²) in [4.78, 5) is 29.0. The highest BCUT2D eigenvalue weighted by atomic mass is 16.5. The van der Waals surface area contributed by atoms with E-state index in [-0.39, 0.29) is 23.4 Å². The molecule has 0 bridgehead atoms. The Morgan fingerprint density at radius 1 is 0.750 bits per heavy atom. The zero-order valence-electron chi connectivity index (χ0n) is 15.7. The first-order valence-electron chi connectivity index (χ1n) is 8.93. The highest BCUT2D eigenvalue weighted by molar-refractivity contribution is 6.06. The Kier molecular flexibility index (Phi) is 6.01. The molecular weight excluding hydrogens is 354 g/mol. The molecule has 28 heavy (non-hydrogen) atoms. The van der Waals surface area contributed by atoms with Crippen molar-refractivity contribution in [3.63, 3.8) is 0 Å². The van der Waals surface area contributed by atoms with Crippen LogP contribution < -0.4 is 15.4 Å². The number of rotatable bonds is 6. The van der Waals surface area contributed by atoms with Crippen molar-refractivity contribution < 1.29 is 14.3 Å². The van der Waals surface area contributed by atoms with E-state index in [0.29, 0.717) is 11.4 Å². The predicted octanol–water partition coefficient (Wildman–Crippen LogP) is 4.37. The Morgan fingerprint density at radius 2 is 1.29 bits per heavy atom. The smallest absolute Gasteiger partial charge is 0.274 e. The third-order valence-corrected chi connectivity index (χ3v) is 3.73. The SMILES string of the molecule is CC(C)Oc1ccc(NC(=O)c2cccc(C(=O)Nc3ccccc3)n2)cc1. The topological polar surface area (TPSA) is 80.3 Å². The van der Waals surface area contributed by atoms with Crippen molar-refractivity contribution in [1.82, 2.24) is 4.98 Å². The number of hydrogen-bond acceptors (Lipinski definition) is 4. The Bertz CT molecular complexity index is 954. The van der Waals surface area contributed by atoms with Gasteiger partial charge >= 0.3 is 0 Å². The van der Waals surface area contributed by atoms with Crippen molar-refractivity contribution >= 4 is 23.2 Å². The molecule has 0 aliphatic heterocycles. The molecule has 2 amide bonds. The molecule has 0 spiro atoms. The molecule has 3 rings (SSSR count). The number of carbonyl (C=O) groups is 2. The standard InChI is InChI=1S/C22H21N3O3/c1-15(2)28-18-13-11-17(12-14-18)24-22(27)20-10-6-9-19(25-20)21(26)23-16-7-4-3-5-8-16/h3-15H,1-2H3,(H,23,26)(H,24,27). The lowest BCUT2D eigenvalue weighted by Gasteiger charge is -2.11. The summed E-state index contributed by atoms with van der Waals surface area (Å²) in [6.45, 7) is 3.89. The van der Waals surface area contributed by atoms with Gasteiger partial charge in [-0.2, -0.15) is 0 Å². The van der Waals surface area contributed by atoms with Gasteiger partial charge in [-0.15, -0.1) is 0 Å². The molecule has 0 unspecified atom stereocenters. The molecule has 6 nitrogen and oxygen atoms in total. The van der Waals surface area contributed by atoms with Crippen molar-refractivity contribution in [2.75, 3.05) is 10.6 Å². The summed E-state index contributed by atoms with van der Waals surface area (Å²) in [5.74, 6) is -0.0476. The third kappa shape index (κ3) is 5.17. The van der Waals surface area contributed by atoms with Crippen LogP contribution in [0.1, 0.15) is 34.8 Å². The van der Waals surface area contributed by atoms with Crippen LogP contribution in [0.15, 0.2) is 72.8 Å². The molecule has 2 N–H and O–H groups in total. The Balaban J connectivity index is 1.67. The lowest BCUT2D eigenvalue weighted by atomic mass is 10.2. The van der Waals surface area contributed by atoms with Gasteiger partial charge in [-0.25, -0.2) is 4.98 Å². The number of para-hydroxylation sites is 1. The second kappa shape index (κ2) is 8.81. The van der Waals surface area contributed by atoms with Crippen molar-refractivity contribution in [2.45, 2.75) is 20.0 Å². The minimum Gasteiger partial charge on any atom is -0.491 e. The monoisotopic (exact) mass is 375 g/mol. The van der Waals surface area contributed by atoms with E-state index < -0.39 is 5.91 Å². The van der Waals surface area contributed by atoms with Crippen LogP contribution >= 0.6 is 0 Å². The summed E-state index contributed by atoms with van der Waals surface area (Å²) in [7, 11) is 0. The first-order chi connectivity index (χ1) is 13.5. The number of carbonyl (C=O) groups excluding carboxylic acids is 2. The largest absolute Gasteiger partial charge is 0.491 e. The molecular formula is C22H21N3O3. The van der Waals surface area contributed by atoms with Gasteiger partial charge in [0.2, 0.25) is 0 Å². The average molecular weight is 375 g/mol. The summed E-state index contributed by atoms with van der Waals surface area (Å²) in [6, 6.07) is 20.9. The number of nitrogens with one attached hydrogen (secondary N) is 2. The number of aromatic nitrogens is 1. The summed E-state index contributed by atoms with van der Waals surface area (Å²) in [5, 5.41) is 5.51. The van der Waals surface area contributed by atoms with E-state index >= 15 is 0 Å². The number of benzene rings is 2. The van der Waals surface area contributed by atoms with Crippen LogP contribution in [-0.4, -0.2) is 22.9 Å². The molecule has 0 saturated carbocycles. The molecule has 0 radical (unpaired) electrons. The Hall–Kier alpha value is -3.67. The normalized spacial score (nSPS) is 10.4. The fraction of sp³-hybridized carbons (Fsp3) is 0.136. The third-order valence-electron chi connectivity index (χ3n) is 3.73. The van der Waals surface area contributed by atoms with Crippen molar-refractivity contribution in [3.8, 4) is 5.75 Å². The van der Waals surface area contributed by atoms with Gasteiger partial charge in [0, 0.05) is 11.4 Å². The molecule has 0 aliphatic rings.